The Morgan fingerprint density at radius 1 is 1.29 bits per heavy atom. The predicted octanol–water partition coefficient (Wildman–Crippen LogP) is 1.31. The Labute approximate surface area is 101 Å². The molecule has 0 radical (unpaired) electrons. The monoisotopic (exact) mass is 231 g/mol. The molecule has 0 aromatic carbocycles. The first kappa shape index (κ1) is 11.7. The molecule has 0 saturated heterocycles. The Morgan fingerprint density at radius 3 is 2.71 bits per heavy atom. The van der Waals surface area contributed by atoms with Gasteiger partial charge >= 0.3 is 0 Å². The van der Waals surface area contributed by atoms with Crippen LogP contribution in [-0.4, -0.2) is 26.6 Å². The molecule has 0 aliphatic heterocycles. The van der Waals surface area contributed by atoms with Crippen LogP contribution in [0.2, 0.25) is 0 Å². The lowest BCUT2D eigenvalue weighted by Crippen LogP contribution is -2.23. The summed E-state index contributed by atoms with van der Waals surface area (Å²) in [6.07, 6.45) is 7.36. The maximum atomic E-state index is 4.40. The van der Waals surface area contributed by atoms with E-state index in [9.17, 15) is 0 Å². The summed E-state index contributed by atoms with van der Waals surface area (Å²) in [6.45, 7) is 4.92. The number of aromatic nitrogens is 4. The molecule has 2 rings (SSSR count). The highest BCUT2D eigenvalue weighted by molar-refractivity contribution is 5.16. The van der Waals surface area contributed by atoms with Crippen LogP contribution in [0.4, 0.5) is 0 Å². The zero-order chi connectivity index (χ0) is 12.3. The second-order valence-corrected chi connectivity index (χ2v) is 3.88. The molecule has 1 unspecified atom stereocenters. The van der Waals surface area contributed by atoms with Gasteiger partial charge in [-0.3, -0.25) is 9.97 Å². The summed E-state index contributed by atoms with van der Waals surface area (Å²) < 4.78 is 2.10. The Hall–Kier alpha value is -1.75. The molecule has 0 fully saturated rings. The number of hydrogen-bond donors (Lipinski definition) is 1. The minimum absolute atomic E-state index is 0.0157. The van der Waals surface area contributed by atoms with E-state index >= 15 is 0 Å². The standard InChI is InChI=1S/C12H17N5/c1-4-17-6-5-14-12(17)11(13-3)10-8-15-9(2)7-16-10/h5-8,11,13H,4H2,1-3H3. The van der Waals surface area contributed by atoms with Crippen molar-refractivity contribution >= 4 is 0 Å². The van der Waals surface area contributed by atoms with Crippen LogP contribution >= 0.6 is 0 Å². The molecule has 2 aromatic heterocycles. The third-order valence-electron chi connectivity index (χ3n) is 2.73. The van der Waals surface area contributed by atoms with E-state index in [-0.39, 0.29) is 6.04 Å². The van der Waals surface area contributed by atoms with Gasteiger partial charge in [0, 0.05) is 25.1 Å². The molecule has 1 N–H and O–H groups in total. The quantitative estimate of drug-likeness (QED) is 0.862. The van der Waals surface area contributed by atoms with Gasteiger partial charge in [0.05, 0.1) is 17.6 Å². The summed E-state index contributed by atoms with van der Waals surface area (Å²) in [6, 6.07) is -0.0157. The van der Waals surface area contributed by atoms with Crippen molar-refractivity contribution in [3.8, 4) is 0 Å². The first-order valence-electron chi connectivity index (χ1n) is 5.73. The van der Waals surface area contributed by atoms with Gasteiger partial charge in [0.2, 0.25) is 0 Å². The van der Waals surface area contributed by atoms with Gasteiger partial charge in [-0.15, -0.1) is 0 Å². The molecule has 2 heterocycles. The van der Waals surface area contributed by atoms with E-state index in [0.29, 0.717) is 0 Å². The third kappa shape index (κ3) is 2.34. The van der Waals surface area contributed by atoms with Gasteiger partial charge in [-0.25, -0.2) is 4.98 Å². The van der Waals surface area contributed by atoms with Gasteiger partial charge < -0.3 is 9.88 Å². The molecule has 5 nitrogen and oxygen atoms in total. The van der Waals surface area contributed by atoms with Crippen LogP contribution in [0.15, 0.2) is 24.8 Å². The zero-order valence-electron chi connectivity index (χ0n) is 10.4. The normalized spacial score (nSPS) is 12.6. The minimum atomic E-state index is -0.0157. The van der Waals surface area contributed by atoms with Gasteiger partial charge in [-0.1, -0.05) is 0 Å². The van der Waals surface area contributed by atoms with E-state index in [1.165, 1.54) is 0 Å². The minimum Gasteiger partial charge on any atom is -0.334 e. The third-order valence-corrected chi connectivity index (χ3v) is 2.73. The molecule has 0 bridgehead atoms. The largest absolute Gasteiger partial charge is 0.334 e. The topological polar surface area (TPSA) is 55.6 Å². The molecular weight excluding hydrogens is 214 g/mol. The second kappa shape index (κ2) is 5.05. The number of nitrogens with zero attached hydrogens (tertiary/aromatic N) is 4. The molecule has 2 aromatic rings. The van der Waals surface area contributed by atoms with Crippen molar-refractivity contribution in [2.75, 3.05) is 7.05 Å². The van der Waals surface area contributed by atoms with E-state index in [1.54, 1.807) is 12.4 Å². The summed E-state index contributed by atoms with van der Waals surface area (Å²) in [5.41, 5.74) is 1.81. The van der Waals surface area contributed by atoms with Crippen LogP contribution in [-0.2, 0) is 6.54 Å². The number of aryl methyl sites for hydroxylation is 2. The summed E-state index contributed by atoms with van der Waals surface area (Å²) in [7, 11) is 1.90. The van der Waals surface area contributed by atoms with E-state index in [0.717, 1.165) is 23.8 Å². The Morgan fingerprint density at radius 2 is 2.12 bits per heavy atom. The summed E-state index contributed by atoms with van der Waals surface area (Å²) in [4.78, 5) is 13.1. The van der Waals surface area contributed by atoms with Crippen LogP contribution < -0.4 is 5.32 Å². The second-order valence-electron chi connectivity index (χ2n) is 3.88. The zero-order valence-corrected chi connectivity index (χ0v) is 10.4. The van der Waals surface area contributed by atoms with Crippen LogP contribution in [0.5, 0.6) is 0 Å². The highest BCUT2D eigenvalue weighted by atomic mass is 15.1. The molecule has 1 atom stereocenters. The summed E-state index contributed by atoms with van der Waals surface area (Å²) >= 11 is 0. The first-order chi connectivity index (χ1) is 8.26. The number of imidazole rings is 1. The molecule has 5 heteroatoms. The van der Waals surface area contributed by atoms with Crippen molar-refractivity contribution in [3.05, 3.63) is 42.0 Å². The average molecular weight is 231 g/mol. The molecule has 90 valence electrons. The van der Waals surface area contributed by atoms with Gasteiger partial charge in [-0.05, 0) is 20.9 Å². The van der Waals surface area contributed by atoms with Crippen LogP contribution in [0.25, 0.3) is 0 Å². The van der Waals surface area contributed by atoms with E-state index in [2.05, 4.69) is 31.8 Å². The molecule has 17 heavy (non-hydrogen) atoms. The molecule has 0 amide bonds. The molecular formula is C12H17N5. The van der Waals surface area contributed by atoms with Gasteiger partial charge in [0.25, 0.3) is 0 Å². The smallest absolute Gasteiger partial charge is 0.132 e. The van der Waals surface area contributed by atoms with Crippen LogP contribution in [0.1, 0.15) is 30.2 Å². The fourth-order valence-corrected chi connectivity index (χ4v) is 1.81. The summed E-state index contributed by atoms with van der Waals surface area (Å²) in [5, 5.41) is 3.23. The number of rotatable bonds is 4. The van der Waals surface area contributed by atoms with E-state index < -0.39 is 0 Å². The fourth-order valence-electron chi connectivity index (χ4n) is 1.81. The van der Waals surface area contributed by atoms with Crippen molar-refractivity contribution < 1.29 is 0 Å². The first-order valence-corrected chi connectivity index (χ1v) is 5.73. The SMILES string of the molecule is CCn1ccnc1C(NC)c1cnc(C)cn1. The molecule has 0 aliphatic rings. The number of nitrogens with one attached hydrogen (secondary N) is 1. The van der Waals surface area contributed by atoms with Gasteiger partial charge in [-0.2, -0.15) is 0 Å². The van der Waals surface area contributed by atoms with Crippen molar-refractivity contribution in [2.24, 2.45) is 0 Å². The lowest BCUT2D eigenvalue weighted by atomic mass is 10.2. The fraction of sp³-hybridized carbons (Fsp3) is 0.417. The van der Waals surface area contributed by atoms with E-state index in [1.807, 2.05) is 26.4 Å². The highest BCUT2D eigenvalue weighted by Crippen LogP contribution is 2.17. The van der Waals surface area contributed by atoms with Gasteiger partial charge in [0.15, 0.2) is 0 Å². The van der Waals surface area contributed by atoms with E-state index in [4.69, 9.17) is 0 Å². The Bertz CT molecular complexity index is 474. The summed E-state index contributed by atoms with van der Waals surface area (Å²) in [5.74, 6) is 0.966. The molecule has 0 aliphatic carbocycles. The maximum Gasteiger partial charge on any atom is 0.132 e. The Balaban J connectivity index is 2.36. The van der Waals surface area contributed by atoms with Crippen molar-refractivity contribution in [3.63, 3.8) is 0 Å². The average Bonchev–Trinajstić information content (AvgIpc) is 2.81. The van der Waals surface area contributed by atoms with Crippen molar-refractivity contribution in [1.29, 1.82) is 0 Å². The van der Waals surface area contributed by atoms with Gasteiger partial charge in [0.1, 0.15) is 11.9 Å². The predicted molar refractivity (Wildman–Crippen MR) is 65.6 cm³/mol. The lowest BCUT2D eigenvalue weighted by Gasteiger charge is -2.16. The highest BCUT2D eigenvalue weighted by Gasteiger charge is 2.18. The molecule has 0 spiro atoms. The number of hydrogen-bond acceptors (Lipinski definition) is 4. The van der Waals surface area contributed by atoms with Crippen LogP contribution in [0, 0.1) is 6.92 Å². The lowest BCUT2D eigenvalue weighted by molar-refractivity contribution is 0.576. The Kier molecular flexibility index (Phi) is 3.49. The molecule has 0 saturated carbocycles. The van der Waals surface area contributed by atoms with Crippen molar-refractivity contribution in [1.82, 2.24) is 24.8 Å². The van der Waals surface area contributed by atoms with Crippen LogP contribution in [0.3, 0.4) is 0 Å². The van der Waals surface area contributed by atoms with Crippen molar-refractivity contribution in [2.45, 2.75) is 26.4 Å². The maximum absolute atomic E-state index is 4.40.